The van der Waals surface area contributed by atoms with Crippen LogP contribution in [-0.2, 0) is 6.42 Å². The highest BCUT2D eigenvalue weighted by Crippen LogP contribution is 2.14. The molecule has 3 heteroatoms. The maximum absolute atomic E-state index is 5.50. The molecular formula is C12H17BrN2. The first-order valence-electron chi connectivity index (χ1n) is 4.96. The summed E-state index contributed by atoms with van der Waals surface area (Å²) in [5.74, 6) is 5.50. The molecule has 2 nitrogen and oxygen atoms in total. The van der Waals surface area contributed by atoms with Gasteiger partial charge in [0.2, 0.25) is 0 Å². The molecule has 0 amide bonds. The third kappa shape index (κ3) is 4.60. The van der Waals surface area contributed by atoms with E-state index in [-0.39, 0.29) is 6.04 Å². The predicted octanol–water partition coefficient (Wildman–Crippen LogP) is 2.79. The monoisotopic (exact) mass is 268 g/mol. The van der Waals surface area contributed by atoms with Gasteiger partial charge in [-0.05, 0) is 37.5 Å². The lowest BCUT2D eigenvalue weighted by Gasteiger charge is -2.15. The Kier molecular flexibility index (Phi) is 5.02. The zero-order chi connectivity index (χ0) is 11.3. The Morgan fingerprint density at radius 2 is 2.33 bits per heavy atom. The molecular weight excluding hydrogens is 252 g/mol. The van der Waals surface area contributed by atoms with E-state index in [4.69, 9.17) is 5.84 Å². The van der Waals surface area contributed by atoms with Crippen molar-refractivity contribution in [3.63, 3.8) is 0 Å². The average Bonchev–Trinajstić information content (AvgIpc) is 2.16. The molecule has 82 valence electrons. The van der Waals surface area contributed by atoms with Crippen molar-refractivity contribution in [2.45, 2.75) is 25.8 Å². The molecule has 0 spiro atoms. The quantitative estimate of drug-likeness (QED) is 0.490. The van der Waals surface area contributed by atoms with Gasteiger partial charge >= 0.3 is 0 Å². The number of rotatable bonds is 5. The summed E-state index contributed by atoms with van der Waals surface area (Å²) < 4.78 is 1.10. The van der Waals surface area contributed by atoms with Crippen LogP contribution in [0.25, 0.3) is 0 Å². The van der Waals surface area contributed by atoms with Gasteiger partial charge in [0.25, 0.3) is 0 Å². The minimum Gasteiger partial charge on any atom is -0.271 e. The Morgan fingerprint density at radius 1 is 1.60 bits per heavy atom. The van der Waals surface area contributed by atoms with Gasteiger partial charge in [0.1, 0.15) is 0 Å². The summed E-state index contributed by atoms with van der Waals surface area (Å²) in [6, 6.07) is 8.54. The van der Waals surface area contributed by atoms with Gasteiger partial charge in [-0.2, -0.15) is 0 Å². The number of halogens is 1. The molecule has 1 aromatic rings. The number of nitrogens with two attached hydrogens (primary N) is 1. The van der Waals surface area contributed by atoms with Crippen molar-refractivity contribution in [3.8, 4) is 0 Å². The summed E-state index contributed by atoms with van der Waals surface area (Å²) in [6.07, 6.45) is 1.83. The zero-order valence-corrected chi connectivity index (χ0v) is 10.5. The molecule has 0 saturated heterocycles. The van der Waals surface area contributed by atoms with Crippen molar-refractivity contribution < 1.29 is 0 Å². The molecule has 1 rings (SSSR count). The molecule has 0 heterocycles. The number of hydrogen-bond acceptors (Lipinski definition) is 2. The number of benzene rings is 1. The van der Waals surface area contributed by atoms with Crippen LogP contribution in [0.3, 0.4) is 0 Å². The number of hydrogen-bond donors (Lipinski definition) is 2. The fourth-order valence-electron chi connectivity index (χ4n) is 1.56. The fourth-order valence-corrected chi connectivity index (χ4v) is 2.01. The second-order valence-electron chi connectivity index (χ2n) is 3.86. The summed E-state index contributed by atoms with van der Waals surface area (Å²) in [6.45, 7) is 5.92. The van der Waals surface area contributed by atoms with Crippen molar-refractivity contribution in [2.75, 3.05) is 0 Å². The van der Waals surface area contributed by atoms with Crippen LogP contribution >= 0.6 is 15.9 Å². The smallest absolute Gasteiger partial charge is 0.0287 e. The summed E-state index contributed by atoms with van der Waals surface area (Å²) in [5.41, 5.74) is 5.24. The number of hydrazine groups is 1. The van der Waals surface area contributed by atoms with Crippen LogP contribution in [-0.4, -0.2) is 6.04 Å². The molecule has 1 unspecified atom stereocenters. The first kappa shape index (κ1) is 12.4. The SMILES string of the molecule is C=C(C)CC(Cc1cccc(Br)c1)NN. The lowest BCUT2D eigenvalue weighted by Crippen LogP contribution is -2.36. The second-order valence-corrected chi connectivity index (χ2v) is 4.77. The van der Waals surface area contributed by atoms with E-state index >= 15 is 0 Å². The zero-order valence-electron chi connectivity index (χ0n) is 8.96. The van der Waals surface area contributed by atoms with Crippen LogP contribution in [0.2, 0.25) is 0 Å². The van der Waals surface area contributed by atoms with E-state index in [0.29, 0.717) is 0 Å². The highest BCUT2D eigenvalue weighted by Gasteiger charge is 2.07. The minimum atomic E-state index is 0.261. The van der Waals surface area contributed by atoms with E-state index in [2.05, 4.69) is 40.1 Å². The molecule has 0 aliphatic heterocycles. The van der Waals surface area contributed by atoms with Gasteiger partial charge in [-0.25, -0.2) is 0 Å². The third-order valence-electron chi connectivity index (χ3n) is 2.20. The Labute approximate surface area is 99.7 Å². The van der Waals surface area contributed by atoms with Crippen molar-refractivity contribution in [1.82, 2.24) is 5.43 Å². The maximum atomic E-state index is 5.50. The normalized spacial score (nSPS) is 12.5. The van der Waals surface area contributed by atoms with Gasteiger partial charge in [0.05, 0.1) is 0 Å². The molecule has 0 aliphatic carbocycles. The Bertz CT molecular complexity index is 336. The lowest BCUT2D eigenvalue weighted by molar-refractivity contribution is 0.521. The minimum absolute atomic E-state index is 0.261. The van der Waals surface area contributed by atoms with Crippen LogP contribution in [0.1, 0.15) is 18.9 Å². The largest absolute Gasteiger partial charge is 0.271 e. The highest BCUT2D eigenvalue weighted by atomic mass is 79.9. The predicted molar refractivity (Wildman–Crippen MR) is 68.4 cm³/mol. The van der Waals surface area contributed by atoms with Crippen LogP contribution in [0.5, 0.6) is 0 Å². The van der Waals surface area contributed by atoms with Crippen LogP contribution in [0, 0.1) is 0 Å². The van der Waals surface area contributed by atoms with E-state index in [1.54, 1.807) is 0 Å². The summed E-state index contributed by atoms with van der Waals surface area (Å²) in [4.78, 5) is 0. The first-order valence-corrected chi connectivity index (χ1v) is 5.76. The van der Waals surface area contributed by atoms with E-state index in [1.807, 2.05) is 19.1 Å². The van der Waals surface area contributed by atoms with E-state index < -0.39 is 0 Å². The lowest BCUT2D eigenvalue weighted by atomic mass is 10.0. The summed E-state index contributed by atoms with van der Waals surface area (Å²) in [5, 5.41) is 0. The topological polar surface area (TPSA) is 38.0 Å². The van der Waals surface area contributed by atoms with Gasteiger partial charge in [0, 0.05) is 10.5 Å². The Morgan fingerprint density at radius 3 is 2.87 bits per heavy atom. The van der Waals surface area contributed by atoms with Gasteiger partial charge in [0.15, 0.2) is 0 Å². The first-order chi connectivity index (χ1) is 7.11. The third-order valence-corrected chi connectivity index (χ3v) is 2.69. The molecule has 0 aromatic heterocycles. The standard InChI is InChI=1S/C12H17BrN2/c1-9(2)6-12(15-14)8-10-4-3-5-11(13)7-10/h3-5,7,12,15H,1,6,8,14H2,2H3. The average molecular weight is 269 g/mol. The fraction of sp³-hybridized carbons (Fsp3) is 0.333. The van der Waals surface area contributed by atoms with E-state index in [0.717, 1.165) is 22.9 Å². The molecule has 3 N–H and O–H groups in total. The second kappa shape index (κ2) is 6.05. The van der Waals surface area contributed by atoms with Crippen molar-refractivity contribution >= 4 is 15.9 Å². The summed E-state index contributed by atoms with van der Waals surface area (Å²) in [7, 11) is 0. The van der Waals surface area contributed by atoms with Gasteiger partial charge < -0.3 is 0 Å². The van der Waals surface area contributed by atoms with E-state index in [1.165, 1.54) is 5.56 Å². The molecule has 0 aliphatic rings. The summed E-state index contributed by atoms with van der Waals surface area (Å²) >= 11 is 3.46. The van der Waals surface area contributed by atoms with Crippen molar-refractivity contribution in [3.05, 3.63) is 46.5 Å². The Balaban J connectivity index is 2.62. The molecule has 0 saturated carbocycles. The van der Waals surface area contributed by atoms with Crippen LogP contribution in [0.15, 0.2) is 40.9 Å². The molecule has 0 fully saturated rings. The Hall–Kier alpha value is -0.640. The van der Waals surface area contributed by atoms with Crippen LogP contribution in [0.4, 0.5) is 0 Å². The number of nitrogens with one attached hydrogen (secondary N) is 1. The van der Waals surface area contributed by atoms with Crippen LogP contribution < -0.4 is 11.3 Å². The van der Waals surface area contributed by atoms with Crippen molar-refractivity contribution in [1.29, 1.82) is 0 Å². The molecule has 0 bridgehead atoms. The highest BCUT2D eigenvalue weighted by molar-refractivity contribution is 9.10. The molecule has 0 radical (unpaired) electrons. The van der Waals surface area contributed by atoms with Gasteiger partial charge in [-0.15, -0.1) is 6.58 Å². The van der Waals surface area contributed by atoms with E-state index in [9.17, 15) is 0 Å². The van der Waals surface area contributed by atoms with Gasteiger partial charge in [-0.3, -0.25) is 11.3 Å². The molecule has 15 heavy (non-hydrogen) atoms. The maximum Gasteiger partial charge on any atom is 0.0287 e. The van der Waals surface area contributed by atoms with Gasteiger partial charge in [-0.1, -0.05) is 33.6 Å². The molecule has 1 aromatic carbocycles. The van der Waals surface area contributed by atoms with Crippen molar-refractivity contribution in [2.24, 2.45) is 5.84 Å². The molecule has 1 atom stereocenters.